The zero-order valence-electron chi connectivity index (χ0n) is 15.9. The zero-order chi connectivity index (χ0) is 20.2. The topological polar surface area (TPSA) is 55.6 Å². The quantitative estimate of drug-likeness (QED) is 0.535. The molecule has 0 unspecified atom stereocenters. The number of hydrogen-bond donors (Lipinski definition) is 1. The van der Waals surface area contributed by atoms with Crippen LogP contribution in [-0.4, -0.2) is 15.3 Å². The summed E-state index contributed by atoms with van der Waals surface area (Å²) in [5.41, 5.74) is 3.56. The van der Waals surface area contributed by atoms with Crippen molar-refractivity contribution in [2.75, 3.05) is 0 Å². The van der Waals surface area contributed by atoms with Crippen LogP contribution in [0.1, 0.15) is 27.2 Å². The summed E-state index contributed by atoms with van der Waals surface area (Å²) in [5, 5.41) is 2.85. The third-order valence-electron chi connectivity index (χ3n) is 4.57. The maximum Gasteiger partial charge on any atom is 0.251 e. The number of hydrogen-bond acceptors (Lipinski definition) is 3. The Kier molecular flexibility index (Phi) is 5.24. The fourth-order valence-electron chi connectivity index (χ4n) is 3.04. The first-order chi connectivity index (χ1) is 14.1. The van der Waals surface area contributed by atoms with Crippen LogP contribution < -0.4 is 10.1 Å². The number of rotatable bonds is 6. The molecule has 0 radical (unpaired) electrons. The van der Waals surface area contributed by atoms with Gasteiger partial charge in [0.15, 0.2) is 0 Å². The maximum absolute atomic E-state index is 13.4. The molecule has 2 aromatic heterocycles. The molecule has 2 aromatic carbocycles. The van der Waals surface area contributed by atoms with Crippen LogP contribution >= 0.6 is 0 Å². The van der Waals surface area contributed by atoms with E-state index in [-0.39, 0.29) is 11.7 Å². The standard InChI is InChI=1S/C23H20FN3O2/c1-16-11-17(8-9-21(16)24)13-25-23(28)18-5-4-6-20(12-18)29-15-19-14-27-10-3-2-7-22(27)26-19/h2-12,14H,13,15H2,1H3,(H,25,28). The Morgan fingerprint density at radius 1 is 1.14 bits per heavy atom. The summed E-state index contributed by atoms with van der Waals surface area (Å²) >= 11 is 0. The lowest BCUT2D eigenvalue weighted by Crippen LogP contribution is -2.22. The zero-order valence-corrected chi connectivity index (χ0v) is 15.9. The van der Waals surface area contributed by atoms with Crippen molar-refractivity contribution >= 4 is 11.6 Å². The van der Waals surface area contributed by atoms with E-state index in [4.69, 9.17) is 4.74 Å². The normalized spacial score (nSPS) is 10.8. The van der Waals surface area contributed by atoms with Crippen LogP contribution in [0.4, 0.5) is 4.39 Å². The molecule has 0 aliphatic rings. The van der Waals surface area contributed by atoms with Gasteiger partial charge in [-0.2, -0.15) is 0 Å². The molecule has 2 heterocycles. The van der Waals surface area contributed by atoms with Crippen molar-refractivity contribution in [3.63, 3.8) is 0 Å². The molecule has 0 fully saturated rings. The van der Waals surface area contributed by atoms with E-state index in [2.05, 4.69) is 10.3 Å². The van der Waals surface area contributed by atoms with Gasteiger partial charge in [-0.05, 0) is 54.4 Å². The first-order valence-electron chi connectivity index (χ1n) is 9.27. The molecule has 5 nitrogen and oxygen atoms in total. The van der Waals surface area contributed by atoms with Crippen LogP contribution in [0.25, 0.3) is 5.65 Å². The Hall–Kier alpha value is -3.67. The highest BCUT2D eigenvalue weighted by atomic mass is 19.1. The summed E-state index contributed by atoms with van der Waals surface area (Å²) in [6.07, 6.45) is 3.84. The molecule has 0 spiro atoms. The van der Waals surface area contributed by atoms with Gasteiger partial charge >= 0.3 is 0 Å². The van der Waals surface area contributed by atoms with E-state index in [1.165, 1.54) is 6.07 Å². The molecule has 146 valence electrons. The number of halogens is 1. The van der Waals surface area contributed by atoms with Gasteiger partial charge < -0.3 is 14.5 Å². The summed E-state index contributed by atoms with van der Waals surface area (Å²) in [7, 11) is 0. The monoisotopic (exact) mass is 389 g/mol. The molecular formula is C23H20FN3O2. The molecule has 0 aliphatic carbocycles. The van der Waals surface area contributed by atoms with Gasteiger partial charge in [0.1, 0.15) is 23.8 Å². The van der Waals surface area contributed by atoms with Gasteiger partial charge in [0.2, 0.25) is 0 Å². The fraction of sp³-hybridized carbons (Fsp3) is 0.130. The number of fused-ring (bicyclic) bond motifs is 1. The molecule has 0 saturated heterocycles. The molecule has 0 saturated carbocycles. The van der Waals surface area contributed by atoms with Crippen molar-refractivity contribution in [2.24, 2.45) is 0 Å². The SMILES string of the molecule is Cc1cc(CNC(=O)c2cccc(OCc3cn4ccccc4n3)c2)ccc1F. The van der Waals surface area contributed by atoms with E-state index in [1.54, 1.807) is 43.3 Å². The van der Waals surface area contributed by atoms with E-state index in [9.17, 15) is 9.18 Å². The van der Waals surface area contributed by atoms with Crippen molar-refractivity contribution in [3.05, 3.63) is 101 Å². The Labute approximate surface area is 167 Å². The third kappa shape index (κ3) is 4.43. The molecule has 0 aliphatic heterocycles. The smallest absolute Gasteiger partial charge is 0.251 e. The Morgan fingerprint density at radius 3 is 2.86 bits per heavy atom. The number of imidazole rings is 1. The van der Waals surface area contributed by atoms with Gasteiger partial charge in [-0.3, -0.25) is 4.79 Å². The number of nitrogens with one attached hydrogen (secondary N) is 1. The molecule has 1 amide bonds. The van der Waals surface area contributed by atoms with Crippen LogP contribution in [0.3, 0.4) is 0 Å². The van der Waals surface area contributed by atoms with Crippen LogP contribution in [-0.2, 0) is 13.2 Å². The highest BCUT2D eigenvalue weighted by Gasteiger charge is 2.08. The molecule has 29 heavy (non-hydrogen) atoms. The van der Waals surface area contributed by atoms with E-state index in [0.29, 0.717) is 30.0 Å². The van der Waals surface area contributed by atoms with Crippen molar-refractivity contribution in [1.29, 1.82) is 0 Å². The molecule has 4 rings (SSSR count). The minimum absolute atomic E-state index is 0.217. The lowest BCUT2D eigenvalue weighted by Gasteiger charge is -2.09. The van der Waals surface area contributed by atoms with Gasteiger partial charge in [-0.1, -0.05) is 24.3 Å². The summed E-state index contributed by atoms with van der Waals surface area (Å²) in [5.74, 6) is 0.119. The molecule has 6 heteroatoms. The Morgan fingerprint density at radius 2 is 2.03 bits per heavy atom. The predicted octanol–water partition coefficient (Wildman–Crippen LogP) is 4.29. The Bertz CT molecular complexity index is 1140. The number of carbonyl (C=O) groups excluding carboxylic acids is 1. The van der Waals surface area contributed by atoms with Crippen LogP contribution in [0.15, 0.2) is 73.1 Å². The summed E-state index contributed by atoms with van der Waals surface area (Å²) < 4.78 is 21.1. The van der Waals surface area contributed by atoms with Crippen LogP contribution in [0.2, 0.25) is 0 Å². The lowest BCUT2D eigenvalue weighted by molar-refractivity contribution is 0.0950. The lowest BCUT2D eigenvalue weighted by atomic mass is 10.1. The van der Waals surface area contributed by atoms with E-state index >= 15 is 0 Å². The highest BCUT2D eigenvalue weighted by Crippen LogP contribution is 2.16. The van der Waals surface area contributed by atoms with Crippen molar-refractivity contribution in [3.8, 4) is 5.75 Å². The number of benzene rings is 2. The first kappa shape index (κ1) is 18.7. The number of ether oxygens (including phenoxy) is 1. The molecule has 1 N–H and O–H groups in total. The van der Waals surface area contributed by atoms with Gasteiger partial charge in [0.05, 0.1) is 5.69 Å². The molecule has 0 bridgehead atoms. The molecular weight excluding hydrogens is 369 g/mol. The number of aromatic nitrogens is 2. The highest BCUT2D eigenvalue weighted by molar-refractivity contribution is 5.94. The fourth-order valence-corrected chi connectivity index (χ4v) is 3.04. The van der Waals surface area contributed by atoms with E-state index in [1.807, 2.05) is 35.0 Å². The number of aryl methyl sites for hydroxylation is 1. The van der Waals surface area contributed by atoms with E-state index < -0.39 is 0 Å². The first-order valence-corrected chi connectivity index (χ1v) is 9.27. The predicted molar refractivity (Wildman–Crippen MR) is 108 cm³/mol. The van der Waals surface area contributed by atoms with Crippen molar-refractivity contribution in [2.45, 2.75) is 20.1 Å². The number of nitrogens with zero attached hydrogens (tertiary/aromatic N) is 2. The average Bonchev–Trinajstić information content (AvgIpc) is 3.16. The summed E-state index contributed by atoms with van der Waals surface area (Å²) in [6.45, 7) is 2.33. The van der Waals surface area contributed by atoms with Crippen LogP contribution in [0, 0.1) is 12.7 Å². The second kappa shape index (κ2) is 8.14. The largest absolute Gasteiger partial charge is 0.487 e. The van der Waals surface area contributed by atoms with Gasteiger partial charge in [-0.25, -0.2) is 9.37 Å². The maximum atomic E-state index is 13.4. The van der Waals surface area contributed by atoms with Crippen molar-refractivity contribution in [1.82, 2.24) is 14.7 Å². The van der Waals surface area contributed by atoms with Crippen molar-refractivity contribution < 1.29 is 13.9 Å². The summed E-state index contributed by atoms with van der Waals surface area (Å²) in [4.78, 5) is 17.0. The number of carbonyl (C=O) groups is 1. The Balaban J connectivity index is 1.38. The minimum Gasteiger partial charge on any atom is -0.487 e. The number of amides is 1. The second-order valence-corrected chi connectivity index (χ2v) is 6.78. The minimum atomic E-state index is -0.254. The summed E-state index contributed by atoms with van der Waals surface area (Å²) in [6, 6.07) is 17.6. The number of pyridine rings is 1. The second-order valence-electron chi connectivity index (χ2n) is 6.78. The van der Waals surface area contributed by atoms with E-state index in [0.717, 1.165) is 16.9 Å². The third-order valence-corrected chi connectivity index (χ3v) is 4.57. The molecule has 0 atom stereocenters. The molecule has 4 aromatic rings. The van der Waals surface area contributed by atoms with Gasteiger partial charge in [0, 0.05) is 24.5 Å². The van der Waals surface area contributed by atoms with Gasteiger partial charge in [0.25, 0.3) is 5.91 Å². The average molecular weight is 389 g/mol. The van der Waals surface area contributed by atoms with Gasteiger partial charge in [-0.15, -0.1) is 0 Å². The van der Waals surface area contributed by atoms with Crippen LogP contribution in [0.5, 0.6) is 5.75 Å².